The van der Waals surface area contributed by atoms with Crippen molar-refractivity contribution in [2.24, 2.45) is 5.73 Å². The van der Waals surface area contributed by atoms with Crippen LogP contribution in [0.5, 0.6) is 0 Å². The van der Waals surface area contributed by atoms with Crippen LogP contribution in [0.25, 0.3) is 0 Å². The van der Waals surface area contributed by atoms with Crippen LogP contribution in [0.3, 0.4) is 0 Å². The summed E-state index contributed by atoms with van der Waals surface area (Å²) in [7, 11) is 2.30. The van der Waals surface area contributed by atoms with E-state index in [2.05, 4.69) is 0 Å². The van der Waals surface area contributed by atoms with Gasteiger partial charge in [-0.2, -0.15) is 0 Å². The van der Waals surface area contributed by atoms with Gasteiger partial charge in [0.25, 0.3) is 0 Å². The van der Waals surface area contributed by atoms with Crippen molar-refractivity contribution in [2.45, 2.75) is 12.1 Å². The number of aliphatic carboxylic acids is 2. The summed E-state index contributed by atoms with van der Waals surface area (Å²) in [6, 6.07) is -2.01. The number of hydrogen-bond donors (Lipinski definition) is 3. The Balaban J connectivity index is 3.79. The molecule has 0 fully saturated rings. The third-order valence-electron chi connectivity index (χ3n) is 1.39. The fourth-order valence-corrected chi connectivity index (χ4v) is 3.29. The molecule has 16 heavy (non-hydrogen) atoms. The lowest BCUT2D eigenvalue weighted by molar-refractivity contribution is -0.140. The average molecular weight is 309 g/mol. The molecule has 0 aliphatic rings. The molecule has 0 rings (SSSR count). The first-order chi connectivity index (χ1) is 7.36. The van der Waals surface area contributed by atoms with Crippen LogP contribution in [0.4, 0.5) is 0 Å². The molecule has 2 unspecified atom stereocenters. The van der Waals surface area contributed by atoms with E-state index in [-0.39, 0.29) is 11.5 Å². The Morgan fingerprint density at radius 1 is 1.19 bits per heavy atom. The highest BCUT2D eigenvalue weighted by molar-refractivity contribution is 8.76. The molecule has 0 saturated carbocycles. The largest absolute Gasteiger partial charge is 0.480 e. The van der Waals surface area contributed by atoms with E-state index < -0.39 is 24.0 Å². The van der Waals surface area contributed by atoms with Gasteiger partial charge in [-0.25, -0.2) is 0 Å². The average Bonchev–Trinajstić information content (AvgIpc) is 2.15. The van der Waals surface area contributed by atoms with E-state index in [1.165, 1.54) is 0 Å². The highest BCUT2D eigenvalue weighted by Gasteiger charge is 2.23. The molecule has 0 spiro atoms. The Hall–Kier alpha value is 0.140. The Morgan fingerprint density at radius 2 is 1.69 bits per heavy atom. The van der Waals surface area contributed by atoms with E-state index in [9.17, 15) is 9.59 Å². The minimum absolute atomic E-state index is 0.124. The lowest BCUT2D eigenvalue weighted by atomic mass is 10.4. The molecule has 4 N–H and O–H groups in total. The first-order valence-electron chi connectivity index (χ1n) is 3.92. The van der Waals surface area contributed by atoms with Gasteiger partial charge in [-0.15, -0.1) is 3.94 Å². The molecule has 0 aromatic rings. The Labute approximate surface area is 110 Å². The van der Waals surface area contributed by atoms with Crippen molar-refractivity contribution in [2.75, 3.05) is 11.5 Å². The lowest BCUT2D eigenvalue weighted by Crippen LogP contribution is -2.33. The molecule has 6 nitrogen and oxygen atoms in total. The van der Waals surface area contributed by atoms with Gasteiger partial charge in [0.2, 0.25) is 0 Å². The van der Waals surface area contributed by atoms with Crippen molar-refractivity contribution >= 4 is 57.1 Å². The highest BCUT2D eigenvalue weighted by atomic mass is 35.5. The van der Waals surface area contributed by atoms with Crippen molar-refractivity contribution in [3.63, 3.8) is 0 Å². The number of rotatable bonds is 8. The smallest absolute Gasteiger partial charge is 0.324 e. The molecule has 0 saturated heterocycles. The maximum Gasteiger partial charge on any atom is 0.324 e. The molecule has 0 aromatic heterocycles. The molecule has 0 radical (unpaired) electrons. The maximum absolute atomic E-state index is 10.6. The summed E-state index contributed by atoms with van der Waals surface area (Å²) in [6.07, 6.45) is 0. The van der Waals surface area contributed by atoms with Crippen LogP contribution in [-0.2, 0) is 9.59 Å². The van der Waals surface area contributed by atoms with E-state index in [0.717, 1.165) is 21.6 Å². The summed E-state index contributed by atoms with van der Waals surface area (Å²) in [5.41, 5.74) is 5.24. The fourth-order valence-electron chi connectivity index (χ4n) is 0.516. The molecule has 0 heterocycles. The fraction of sp³-hybridized carbons (Fsp3) is 0.667. The first kappa shape index (κ1) is 16.1. The van der Waals surface area contributed by atoms with Crippen LogP contribution in [0.1, 0.15) is 0 Å². The second-order valence-electron chi connectivity index (χ2n) is 2.63. The molecule has 94 valence electrons. The minimum Gasteiger partial charge on any atom is -0.480 e. The van der Waals surface area contributed by atoms with E-state index in [4.69, 9.17) is 39.5 Å². The van der Waals surface area contributed by atoms with Gasteiger partial charge in [0.05, 0.1) is 0 Å². The summed E-state index contributed by atoms with van der Waals surface area (Å²) in [4.78, 5) is 21.0. The predicted molar refractivity (Wildman–Crippen MR) is 65.5 cm³/mol. The summed E-state index contributed by atoms with van der Waals surface area (Å²) in [5.74, 6) is -1.95. The molecular weight excluding hydrogens is 299 g/mol. The van der Waals surface area contributed by atoms with Gasteiger partial charge in [-0.1, -0.05) is 21.6 Å². The van der Waals surface area contributed by atoms with Crippen LogP contribution in [-0.4, -0.2) is 49.7 Å². The summed E-state index contributed by atoms with van der Waals surface area (Å²) in [6.45, 7) is 0. The minimum atomic E-state index is -1.15. The zero-order chi connectivity index (χ0) is 12.7. The highest BCUT2D eigenvalue weighted by Crippen LogP contribution is 2.25. The zero-order valence-corrected chi connectivity index (χ0v) is 11.0. The molecule has 2 atom stereocenters. The molecule has 0 bridgehead atoms. The first-order valence-corrected chi connectivity index (χ1v) is 7.09. The number of halogens is 2. The Kier molecular flexibility index (Phi) is 8.34. The van der Waals surface area contributed by atoms with Crippen LogP contribution >= 0.6 is 45.1 Å². The number of carboxylic acids is 2. The summed E-state index contributed by atoms with van der Waals surface area (Å²) in [5, 5.41) is 17.2. The van der Waals surface area contributed by atoms with Crippen molar-refractivity contribution < 1.29 is 19.8 Å². The number of nitrogens with two attached hydrogens (primary N) is 1. The van der Waals surface area contributed by atoms with Gasteiger partial charge >= 0.3 is 11.9 Å². The van der Waals surface area contributed by atoms with Gasteiger partial charge in [0.15, 0.2) is 0 Å². The van der Waals surface area contributed by atoms with E-state index in [0.29, 0.717) is 3.94 Å². The third kappa shape index (κ3) is 6.66. The van der Waals surface area contributed by atoms with Crippen LogP contribution in [0, 0.1) is 0 Å². The molecule has 0 aliphatic heterocycles. The van der Waals surface area contributed by atoms with Crippen molar-refractivity contribution in [3.8, 4) is 0 Å². The van der Waals surface area contributed by atoms with Gasteiger partial charge in [0, 0.05) is 11.5 Å². The number of carboxylic acid groups (broad SMARTS) is 2. The van der Waals surface area contributed by atoms with Crippen molar-refractivity contribution in [3.05, 3.63) is 0 Å². The molecule has 0 aliphatic carbocycles. The van der Waals surface area contributed by atoms with E-state index in [1.54, 1.807) is 0 Å². The molecular formula is C6H10Cl2N2O4S2. The van der Waals surface area contributed by atoms with Gasteiger partial charge < -0.3 is 15.9 Å². The zero-order valence-electron chi connectivity index (χ0n) is 7.88. The summed E-state index contributed by atoms with van der Waals surface area (Å²) < 4.78 is 0.549. The van der Waals surface area contributed by atoms with E-state index in [1.807, 2.05) is 0 Å². The Bertz CT molecular complexity index is 257. The van der Waals surface area contributed by atoms with Gasteiger partial charge in [-0.05, 0) is 23.6 Å². The second kappa shape index (κ2) is 8.26. The summed E-state index contributed by atoms with van der Waals surface area (Å²) >= 11 is 10.6. The third-order valence-corrected chi connectivity index (χ3v) is 4.30. The van der Waals surface area contributed by atoms with Crippen molar-refractivity contribution in [1.29, 1.82) is 0 Å². The SMILES string of the molecule is NC(CSSCC(C(=O)O)N(Cl)Cl)C(=O)O. The maximum atomic E-state index is 10.6. The number of hydrogen-bond acceptors (Lipinski definition) is 6. The van der Waals surface area contributed by atoms with Crippen LogP contribution < -0.4 is 5.73 Å². The molecule has 0 aromatic carbocycles. The number of carbonyl (C=O) groups is 2. The predicted octanol–water partition coefficient (Wildman–Crippen LogP) is 0.842. The quantitative estimate of drug-likeness (QED) is 0.344. The van der Waals surface area contributed by atoms with Crippen LogP contribution in [0.15, 0.2) is 0 Å². The number of nitrogens with zero attached hydrogens (tertiary/aromatic N) is 1. The normalized spacial score (nSPS) is 14.8. The van der Waals surface area contributed by atoms with Gasteiger partial charge in [-0.3, -0.25) is 9.59 Å². The second-order valence-corrected chi connectivity index (χ2v) is 6.08. The topological polar surface area (TPSA) is 104 Å². The Morgan fingerprint density at radius 3 is 2.06 bits per heavy atom. The monoisotopic (exact) mass is 308 g/mol. The van der Waals surface area contributed by atoms with Crippen molar-refractivity contribution in [1.82, 2.24) is 3.94 Å². The molecule has 0 amide bonds. The lowest BCUT2D eigenvalue weighted by Gasteiger charge is -2.14. The van der Waals surface area contributed by atoms with Gasteiger partial charge in [0.1, 0.15) is 12.1 Å². The van der Waals surface area contributed by atoms with Crippen LogP contribution in [0.2, 0.25) is 0 Å². The standard InChI is InChI=1S/C6H10Cl2N2O4S2/c7-10(8)4(6(13)14)2-16-15-1-3(9)5(11)12/h3-4H,1-2,9H2,(H,11,12)(H,13,14). The molecule has 10 heteroatoms. The van der Waals surface area contributed by atoms with E-state index >= 15 is 0 Å².